The average molecular weight is 244 g/mol. The quantitative estimate of drug-likeness (QED) is 0.702. The number of rotatable bonds is 1. The van der Waals surface area contributed by atoms with Gasteiger partial charge in [-0.25, -0.2) is 0 Å². The van der Waals surface area contributed by atoms with Gasteiger partial charge in [-0.1, -0.05) is 0 Å². The zero-order valence-corrected chi connectivity index (χ0v) is 10.9. The smallest absolute Gasteiger partial charge is 0.143 e. The van der Waals surface area contributed by atoms with E-state index in [1.165, 1.54) is 43.6 Å². The fourth-order valence-corrected chi connectivity index (χ4v) is 3.70. The number of nitrogens with zero attached hydrogens (tertiary/aromatic N) is 2. The van der Waals surface area contributed by atoms with Crippen molar-refractivity contribution in [3.8, 4) is 0 Å². The molecule has 0 aromatic carbocycles. The first-order chi connectivity index (χ1) is 8.81. The van der Waals surface area contributed by atoms with E-state index in [1.54, 1.807) is 0 Å². The molecule has 0 amide bonds. The van der Waals surface area contributed by atoms with Gasteiger partial charge in [-0.3, -0.25) is 0 Å². The third-order valence-electron chi connectivity index (χ3n) is 4.85. The summed E-state index contributed by atoms with van der Waals surface area (Å²) in [5.41, 5.74) is 2.65. The summed E-state index contributed by atoms with van der Waals surface area (Å²) in [5.74, 6) is 1.94. The van der Waals surface area contributed by atoms with Crippen LogP contribution in [0, 0.1) is 5.92 Å². The van der Waals surface area contributed by atoms with Gasteiger partial charge in [0.05, 0.1) is 0 Å². The van der Waals surface area contributed by atoms with E-state index >= 15 is 0 Å². The molecule has 0 saturated carbocycles. The lowest BCUT2D eigenvalue weighted by atomic mass is 9.83. The largest absolute Gasteiger partial charge is 0.487 e. The molecule has 3 fully saturated rings. The number of piperidine rings is 3. The highest BCUT2D eigenvalue weighted by molar-refractivity contribution is 5.45. The van der Waals surface area contributed by atoms with Gasteiger partial charge < -0.3 is 14.5 Å². The lowest BCUT2D eigenvalue weighted by Gasteiger charge is -2.48. The molecule has 0 aromatic rings. The Morgan fingerprint density at radius 3 is 2.83 bits per heavy atom. The molecule has 5 aliphatic rings. The van der Waals surface area contributed by atoms with Crippen LogP contribution in [0.3, 0.4) is 0 Å². The number of fused-ring (bicyclic) bond motifs is 4. The lowest BCUT2D eigenvalue weighted by Crippen LogP contribution is -2.55. The molecule has 0 N–H and O–H groups in total. The lowest BCUT2D eigenvalue weighted by molar-refractivity contribution is 0.0399. The second-order valence-electron chi connectivity index (χ2n) is 5.94. The van der Waals surface area contributed by atoms with Crippen LogP contribution in [0.15, 0.2) is 35.4 Å². The van der Waals surface area contributed by atoms with Crippen molar-refractivity contribution in [3.05, 3.63) is 35.4 Å². The molecule has 5 heterocycles. The van der Waals surface area contributed by atoms with Crippen molar-refractivity contribution >= 4 is 0 Å². The van der Waals surface area contributed by atoms with Gasteiger partial charge in [0, 0.05) is 30.6 Å². The fraction of sp³-hybridized carbons (Fsp3) is 0.600. The van der Waals surface area contributed by atoms with Crippen LogP contribution in [-0.4, -0.2) is 42.1 Å². The minimum atomic E-state index is 0.655. The Morgan fingerprint density at radius 1 is 1.28 bits per heavy atom. The van der Waals surface area contributed by atoms with Crippen molar-refractivity contribution in [2.45, 2.75) is 25.8 Å². The van der Waals surface area contributed by atoms with Gasteiger partial charge in [-0.2, -0.15) is 0 Å². The maximum absolute atomic E-state index is 5.75. The van der Waals surface area contributed by atoms with E-state index in [0.29, 0.717) is 6.04 Å². The molecule has 5 aliphatic heterocycles. The zero-order chi connectivity index (χ0) is 12.1. The van der Waals surface area contributed by atoms with E-state index in [9.17, 15) is 0 Å². The van der Waals surface area contributed by atoms with Crippen LogP contribution in [0.2, 0.25) is 0 Å². The van der Waals surface area contributed by atoms with Gasteiger partial charge in [0.15, 0.2) is 0 Å². The number of ether oxygens (including phenoxy) is 1. The van der Waals surface area contributed by atoms with Crippen molar-refractivity contribution < 1.29 is 4.74 Å². The maximum atomic E-state index is 5.75. The first kappa shape index (κ1) is 10.7. The second-order valence-corrected chi connectivity index (χ2v) is 5.94. The second kappa shape index (κ2) is 3.89. The van der Waals surface area contributed by atoms with Crippen molar-refractivity contribution in [1.29, 1.82) is 0 Å². The molecule has 3 nitrogen and oxygen atoms in total. The summed E-state index contributed by atoms with van der Waals surface area (Å²) in [7, 11) is 0. The Balaban J connectivity index is 1.59. The van der Waals surface area contributed by atoms with Crippen LogP contribution in [0.5, 0.6) is 0 Å². The molecule has 0 spiro atoms. The summed E-state index contributed by atoms with van der Waals surface area (Å²) < 4.78 is 5.75. The third-order valence-corrected chi connectivity index (χ3v) is 4.85. The van der Waals surface area contributed by atoms with E-state index in [0.717, 1.165) is 18.3 Å². The summed E-state index contributed by atoms with van der Waals surface area (Å²) in [6.45, 7) is 6.74. The molecule has 0 aliphatic carbocycles. The predicted molar refractivity (Wildman–Crippen MR) is 70.7 cm³/mol. The maximum Gasteiger partial charge on any atom is 0.143 e. The standard InChI is InChI=1S/C15H20N2O/c1-11-10-18-15-9-17(7-4-13(11)15)14-8-16-5-2-12(14)3-6-16/h4,7,9,12,14H,2-3,5-6,8,10H2,1H3/t14-/m1/s1. The minimum Gasteiger partial charge on any atom is -0.487 e. The van der Waals surface area contributed by atoms with Gasteiger partial charge in [-0.05, 0) is 50.4 Å². The molecular formula is C15H20N2O. The summed E-state index contributed by atoms with van der Waals surface area (Å²) in [6.07, 6.45) is 9.43. The number of allylic oxidation sites excluding steroid dienone is 1. The highest BCUT2D eigenvalue weighted by atomic mass is 16.5. The Kier molecular flexibility index (Phi) is 2.31. The monoisotopic (exact) mass is 244 g/mol. The van der Waals surface area contributed by atoms with Gasteiger partial charge in [0.25, 0.3) is 0 Å². The Bertz CT molecular complexity index is 455. The Labute approximate surface area is 108 Å². The average Bonchev–Trinajstić information content (AvgIpc) is 2.81. The molecular weight excluding hydrogens is 224 g/mol. The first-order valence-electron chi connectivity index (χ1n) is 7.04. The summed E-state index contributed by atoms with van der Waals surface area (Å²) >= 11 is 0. The van der Waals surface area contributed by atoms with E-state index in [1.807, 2.05) is 0 Å². The Hall–Kier alpha value is -1.22. The number of hydrogen-bond acceptors (Lipinski definition) is 3. The molecule has 3 saturated heterocycles. The van der Waals surface area contributed by atoms with Crippen LogP contribution in [0.4, 0.5) is 0 Å². The number of hydrogen-bond donors (Lipinski definition) is 0. The van der Waals surface area contributed by atoms with E-state index in [4.69, 9.17) is 4.74 Å². The van der Waals surface area contributed by atoms with E-state index in [2.05, 4.69) is 35.2 Å². The molecule has 0 aromatic heterocycles. The van der Waals surface area contributed by atoms with Crippen molar-refractivity contribution in [2.75, 3.05) is 26.2 Å². The summed E-state index contributed by atoms with van der Waals surface area (Å²) in [5, 5.41) is 0. The topological polar surface area (TPSA) is 15.7 Å². The summed E-state index contributed by atoms with van der Waals surface area (Å²) in [6, 6.07) is 0.655. The highest BCUT2D eigenvalue weighted by Gasteiger charge is 2.37. The Morgan fingerprint density at radius 2 is 2.11 bits per heavy atom. The molecule has 3 heteroatoms. The third kappa shape index (κ3) is 1.53. The fourth-order valence-electron chi connectivity index (χ4n) is 3.70. The predicted octanol–water partition coefficient (Wildman–Crippen LogP) is 2.10. The van der Waals surface area contributed by atoms with Gasteiger partial charge in [-0.15, -0.1) is 0 Å². The van der Waals surface area contributed by atoms with Crippen LogP contribution >= 0.6 is 0 Å². The van der Waals surface area contributed by atoms with Crippen molar-refractivity contribution in [3.63, 3.8) is 0 Å². The first-order valence-corrected chi connectivity index (χ1v) is 7.04. The molecule has 0 unspecified atom stereocenters. The molecule has 1 atom stereocenters. The van der Waals surface area contributed by atoms with Gasteiger partial charge >= 0.3 is 0 Å². The minimum absolute atomic E-state index is 0.655. The van der Waals surface area contributed by atoms with Crippen LogP contribution in [0.1, 0.15) is 19.8 Å². The molecule has 96 valence electrons. The normalized spacial score (nSPS) is 37.7. The zero-order valence-electron chi connectivity index (χ0n) is 10.9. The molecule has 2 bridgehead atoms. The van der Waals surface area contributed by atoms with Crippen molar-refractivity contribution in [2.24, 2.45) is 5.92 Å². The van der Waals surface area contributed by atoms with Crippen LogP contribution < -0.4 is 0 Å². The van der Waals surface area contributed by atoms with Crippen LogP contribution in [-0.2, 0) is 4.74 Å². The molecule has 0 radical (unpaired) electrons. The van der Waals surface area contributed by atoms with E-state index in [-0.39, 0.29) is 0 Å². The molecule has 18 heavy (non-hydrogen) atoms. The molecule has 5 rings (SSSR count). The van der Waals surface area contributed by atoms with Gasteiger partial charge in [0.2, 0.25) is 0 Å². The van der Waals surface area contributed by atoms with E-state index < -0.39 is 0 Å². The highest BCUT2D eigenvalue weighted by Crippen LogP contribution is 2.35. The van der Waals surface area contributed by atoms with Crippen molar-refractivity contribution in [1.82, 2.24) is 9.80 Å². The van der Waals surface area contributed by atoms with Crippen LogP contribution in [0.25, 0.3) is 0 Å². The SMILES string of the molecule is CC1=C2C=CN([C@@H]3CN4CCC3CC4)C=C2OC1. The van der Waals surface area contributed by atoms with Gasteiger partial charge in [0.1, 0.15) is 12.4 Å². The summed E-state index contributed by atoms with van der Waals surface area (Å²) in [4.78, 5) is 5.00.